The van der Waals surface area contributed by atoms with Crippen molar-refractivity contribution in [1.82, 2.24) is 0 Å². The SMILES string of the molecule is Cc1cc(CC2CC2(CCCCCc2c(O)cccc2CCCCC2(C(=O)O)CC2)C(=O)O)c(CCCC2(C(=O)O)CC2)c(CCCC2(C(=O)O)CC2)c1C. The van der Waals surface area contributed by atoms with E-state index < -0.39 is 45.5 Å². The minimum atomic E-state index is -0.758. The first kappa shape index (κ1) is 40.8. The fraction of sp³-hybridized carbons (Fsp3) is 0.652. The molecule has 0 radical (unpaired) electrons. The molecule has 300 valence electrons. The molecule has 4 aliphatic carbocycles. The molecule has 5 N–H and O–H groups in total. The molecule has 2 aromatic rings. The number of aliphatic carboxylic acids is 4. The lowest BCUT2D eigenvalue weighted by Gasteiger charge is -2.22. The van der Waals surface area contributed by atoms with E-state index in [9.17, 15) is 44.7 Å². The summed E-state index contributed by atoms with van der Waals surface area (Å²) in [5, 5.41) is 50.3. The Morgan fingerprint density at radius 2 is 1.09 bits per heavy atom. The summed E-state index contributed by atoms with van der Waals surface area (Å²) in [6.45, 7) is 4.23. The first-order chi connectivity index (χ1) is 26.2. The van der Waals surface area contributed by atoms with Crippen LogP contribution >= 0.6 is 0 Å². The predicted molar refractivity (Wildman–Crippen MR) is 209 cm³/mol. The Kier molecular flexibility index (Phi) is 12.1. The largest absolute Gasteiger partial charge is 0.508 e. The molecule has 0 bridgehead atoms. The zero-order chi connectivity index (χ0) is 39.6. The Balaban J connectivity index is 1.06. The van der Waals surface area contributed by atoms with Crippen LogP contribution in [-0.2, 0) is 51.3 Å². The first-order valence-electron chi connectivity index (χ1n) is 21.0. The Labute approximate surface area is 325 Å². The highest BCUT2D eigenvalue weighted by atomic mass is 16.4. The summed E-state index contributed by atoms with van der Waals surface area (Å²) in [7, 11) is 0. The van der Waals surface area contributed by atoms with Crippen molar-refractivity contribution >= 4 is 23.9 Å². The summed E-state index contributed by atoms with van der Waals surface area (Å²) in [4.78, 5) is 48.2. The topological polar surface area (TPSA) is 169 Å². The minimum absolute atomic E-state index is 0.0231. The number of aromatic hydroxyl groups is 1. The number of rotatable bonds is 25. The fourth-order valence-corrected chi connectivity index (χ4v) is 9.75. The minimum Gasteiger partial charge on any atom is -0.508 e. The molecule has 4 fully saturated rings. The molecule has 6 rings (SSSR count). The summed E-state index contributed by atoms with van der Waals surface area (Å²) < 4.78 is 0. The third-order valence-electron chi connectivity index (χ3n) is 14.5. The Bertz CT molecular complexity index is 1780. The van der Waals surface area contributed by atoms with Crippen LogP contribution in [0.1, 0.15) is 155 Å². The average molecular weight is 759 g/mol. The number of aryl methyl sites for hydroxylation is 2. The van der Waals surface area contributed by atoms with E-state index in [2.05, 4.69) is 26.0 Å². The van der Waals surface area contributed by atoms with Crippen molar-refractivity contribution in [2.75, 3.05) is 0 Å². The van der Waals surface area contributed by atoms with Crippen LogP contribution in [0.4, 0.5) is 0 Å². The molecule has 4 saturated carbocycles. The van der Waals surface area contributed by atoms with Gasteiger partial charge in [-0.1, -0.05) is 37.5 Å². The van der Waals surface area contributed by atoms with Crippen LogP contribution in [0.3, 0.4) is 0 Å². The number of carboxylic acid groups (broad SMARTS) is 4. The van der Waals surface area contributed by atoms with Gasteiger partial charge >= 0.3 is 23.9 Å². The van der Waals surface area contributed by atoms with Crippen LogP contribution in [0.2, 0.25) is 0 Å². The molecule has 4 aliphatic rings. The van der Waals surface area contributed by atoms with Crippen LogP contribution in [0, 0.1) is 41.4 Å². The van der Waals surface area contributed by atoms with Gasteiger partial charge < -0.3 is 25.5 Å². The molecule has 2 atom stereocenters. The second kappa shape index (κ2) is 16.3. The zero-order valence-electron chi connectivity index (χ0n) is 33.0. The molecule has 0 amide bonds. The van der Waals surface area contributed by atoms with Gasteiger partial charge in [0.2, 0.25) is 0 Å². The molecule has 9 nitrogen and oxygen atoms in total. The van der Waals surface area contributed by atoms with E-state index >= 15 is 0 Å². The molecule has 2 aromatic carbocycles. The summed E-state index contributed by atoms with van der Waals surface area (Å²) in [5.74, 6) is -2.51. The maximum Gasteiger partial charge on any atom is 0.309 e. The number of hydrogen-bond acceptors (Lipinski definition) is 5. The van der Waals surface area contributed by atoms with Crippen molar-refractivity contribution in [2.24, 2.45) is 27.6 Å². The summed E-state index contributed by atoms with van der Waals surface area (Å²) in [5.41, 5.74) is 5.62. The van der Waals surface area contributed by atoms with Crippen molar-refractivity contribution in [1.29, 1.82) is 0 Å². The molecule has 55 heavy (non-hydrogen) atoms. The van der Waals surface area contributed by atoms with Gasteiger partial charge in [0.15, 0.2) is 0 Å². The van der Waals surface area contributed by atoms with Crippen molar-refractivity contribution in [3.63, 3.8) is 0 Å². The lowest BCUT2D eigenvalue weighted by Crippen LogP contribution is -2.19. The number of benzene rings is 2. The van der Waals surface area contributed by atoms with Crippen LogP contribution in [-0.4, -0.2) is 49.4 Å². The van der Waals surface area contributed by atoms with Gasteiger partial charge in [0.1, 0.15) is 5.75 Å². The maximum atomic E-state index is 12.8. The van der Waals surface area contributed by atoms with Crippen LogP contribution < -0.4 is 0 Å². The molecular formula is C46H62O9. The van der Waals surface area contributed by atoms with E-state index in [0.29, 0.717) is 44.3 Å². The van der Waals surface area contributed by atoms with Crippen molar-refractivity contribution in [2.45, 2.75) is 162 Å². The normalized spacial score (nSPS) is 22.2. The van der Waals surface area contributed by atoms with Crippen LogP contribution in [0.15, 0.2) is 24.3 Å². The van der Waals surface area contributed by atoms with E-state index in [0.717, 1.165) is 126 Å². The number of carbonyl (C=O) groups is 4. The third kappa shape index (κ3) is 9.07. The Hall–Kier alpha value is -3.88. The van der Waals surface area contributed by atoms with E-state index in [1.54, 1.807) is 6.07 Å². The second-order valence-electron chi connectivity index (χ2n) is 18.1. The van der Waals surface area contributed by atoms with Gasteiger partial charge in [-0.25, -0.2) is 0 Å². The Morgan fingerprint density at radius 3 is 1.64 bits per heavy atom. The number of unbranched alkanes of at least 4 members (excludes halogenated alkanes) is 3. The molecule has 0 saturated heterocycles. The second-order valence-corrected chi connectivity index (χ2v) is 18.1. The fourth-order valence-electron chi connectivity index (χ4n) is 9.75. The number of phenols is 1. The zero-order valence-corrected chi connectivity index (χ0v) is 33.0. The van der Waals surface area contributed by atoms with Crippen molar-refractivity contribution in [3.05, 3.63) is 63.2 Å². The Morgan fingerprint density at radius 1 is 0.582 bits per heavy atom. The van der Waals surface area contributed by atoms with Gasteiger partial charge in [-0.2, -0.15) is 0 Å². The van der Waals surface area contributed by atoms with Gasteiger partial charge in [0.25, 0.3) is 0 Å². The highest BCUT2D eigenvalue weighted by Crippen LogP contribution is 2.58. The van der Waals surface area contributed by atoms with Crippen molar-refractivity contribution in [3.8, 4) is 5.75 Å². The molecule has 0 heterocycles. The maximum absolute atomic E-state index is 12.8. The molecule has 0 aromatic heterocycles. The van der Waals surface area contributed by atoms with E-state index in [1.807, 2.05) is 6.07 Å². The van der Waals surface area contributed by atoms with E-state index in [-0.39, 0.29) is 5.92 Å². The highest BCUT2D eigenvalue weighted by molar-refractivity contribution is 5.79. The van der Waals surface area contributed by atoms with Gasteiger partial charge in [0, 0.05) is 0 Å². The van der Waals surface area contributed by atoms with E-state index in [1.165, 1.54) is 22.3 Å². The summed E-state index contributed by atoms with van der Waals surface area (Å²) in [6, 6.07) is 7.86. The molecule has 0 spiro atoms. The van der Waals surface area contributed by atoms with Gasteiger partial charge in [-0.05, 0) is 193 Å². The van der Waals surface area contributed by atoms with Gasteiger partial charge in [0.05, 0.1) is 21.7 Å². The standard InChI is InChI=1S/C46H62O9/c1-30-27-33(36(15-10-19-45(25-26-45)41(52)53)35(31(30)2)14-9-18-44(23-24-44)40(50)51)28-34-29-46(34,42(54)55)20-6-3-4-13-37-32(12-8-16-38(37)47)11-5-7-17-43(21-22-43)39(48)49/h8,12,16,27,34,47H,3-7,9-11,13-15,17-26,28-29H2,1-2H3,(H,48,49)(H,50,51)(H,52,53)(H,54,55). The lowest BCUT2D eigenvalue weighted by molar-refractivity contribution is -0.145. The van der Waals surface area contributed by atoms with E-state index in [4.69, 9.17) is 0 Å². The van der Waals surface area contributed by atoms with Crippen LogP contribution in [0.25, 0.3) is 0 Å². The summed E-state index contributed by atoms with van der Waals surface area (Å²) >= 11 is 0. The molecular weight excluding hydrogens is 696 g/mol. The smallest absolute Gasteiger partial charge is 0.309 e. The molecule has 0 aliphatic heterocycles. The summed E-state index contributed by atoms with van der Waals surface area (Å²) in [6.07, 6.45) is 17.2. The predicted octanol–water partition coefficient (Wildman–Crippen LogP) is 9.40. The number of hydrogen-bond donors (Lipinski definition) is 5. The van der Waals surface area contributed by atoms with Crippen LogP contribution in [0.5, 0.6) is 5.75 Å². The number of carboxylic acids is 4. The molecule has 2 unspecified atom stereocenters. The third-order valence-corrected chi connectivity index (χ3v) is 14.5. The number of phenolic OH excluding ortho intramolecular Hbond substituents is 1. The van der Waals surface area contributed by atoms with Gasteiger partial charge in [-0.15, -0.1) is 0 Å². The monoisotopic (exact) mass is 758 g/mol. The van der Waals surface area contributed by atoms with Crippen molar-refractivity contribution < 1.29 is 44.7 Å². The first-order valence-corrected chi connectivity index (χ1v) is 21.0. The quantitative estimate of drug-likeness (QED) is 0.0619. The highest BCUT2D eigenvalue weighted by Gasteiger charge is 2.59. The molecule has 9 heteroatoms. The van der Waals surface area contributed by atoms with Gasteiger partial charge in [-0.3, -0.25) is 19.2 Å². The average Bonchev–Trinajstić information content (AvgIpc) is 3.94. The lowest BCUT2D eigenvalue weighted by atomic mass is 9.83.